The molecule has 0 aliphatic carbocycles. The lowest BCUT2D eigenvalue weighted by Gasteiger charge is -2.20. The number of aromatic nitrogens is 2. The zero-order chi connectivity index (χ0) is 15.6. The highest BCUT2D eigenvalue weighted by Gasteiger charge is 2.39. The summed E-state index contributed by atoms with van der Waals surface area (Å²) in [4.78, 5) is 13.0. The van der Waals surface area contributed by atoms with Gasteiger partial charge in [0.2, 0.25) is 0 Å². The van der Waals surface area contributed by atoms with E-state index in [4.69, 9.17) is 0 Å². The minimum Gasteiger partial charge on any atom is -0.372 e. The van der Waals surface area contributed by atoms with Gasteiger partial charge in [0.15, 0.2) is 5.82 Å². The molecule has 0 radical (unpaired) electrons. The number of H-pyrrole nitrogens is 1. The van der Waals surface area contributed by atoms with E-state index in [-0.39, 0.29) is 5.82 Å². The van der Waals surface area contributed by atoms with Crippen LogP contribution in [0.2, 0.25) is 0 Å². The molecule has 114 valence electrons. The molecular formula is C13H15F3N4O. The maximum atomic E-state index is 12.3. The summed E-state index contributed by atoms with van der Waals surface area (Å²) in [6.07, 6.45) is -4.94. The van der Waals surface area contributed by atoms with E-state index >= 15 is 0 Å². The van der Waals surface area contributed by atoms with Crippen molar-refractivity contribution in [1.82, 2.24) is 10.2 Å². The summed E-state index contributed by atoms with van der Waals surface area (Å²) in [6.45, 7) is 5.50. The monoisotopic (exact) mass is 300 g/mol. The second-order valence-electron chi connectivity index (χ2n) is 4.43. The topological polar surface area (TPSA) is 61.0 Å². The molecule has 0 saturated heterocycles. The minimum atomic E-state index is -4.94. The van der Waals surface area contributed by atoms with Crippen LogP contribution in [0.25, 0.3) is 10.9 Å². The van der Waals surface area contributed by atoms with Crippen molar-refractivity contribution in [3.05, 3.63) is 18.2 Å². The number of halogens is 3. The molecule has 0 fully saturated rings. The highest BCUT2D eigenvalue weighted by atomic mass is 19.4. The van der Waals surface area contributed by atoms with Crippen LogP contribution in [0.4, 0.5) is 24.7 Å². The Hall–Kier alpha value is -2.25. The average Bonchev–Trinajstić information content (AvgIpc) is 2.82. The number of hydrogen-bond donors (Lipinski definition) is 2. The molecule has 0 spiro atoms. The third-order valence-electron chi connectivity index (χ3n) is 3.16. The minimum absolute atomic E-state index is 0.124. The van der Waals surface area contributed by atoms with Gasteiger partial charge in [-0.2, -0.15) is 18.3 Å². The second kappa shape index (κ2) is 5.63. The van der Waals surface area contributed by atoms with E-state index < -0.39 is 12.1 Å². The van der Waals surface area contributed by atoms with Gasteiger partial charge in [-0.25, -0.2) is 0 Å². The lowest BCUT2D eigenvalue weighted by molar-refractivity contribution is -0.167. The summed E-state index contributed by atoms with van der Waals surface area (Å²) in [5, 5.41) is 8.55. The van der Waals surface area contributed by atoms with Crippen molar-refractivity contribution in [2.24, 2.45) is 0 Å². The molecular weight excluding hydrogens is 285 g/mol. The van der Waals surface area contributed by atoms with Crippen LogP contribution in [0.15, 0.2) is 18.2 Å². The predicted octanol–water partition coefficient (Wildman–Crippen LogP) is 2.91. The van der Waals surface area contributed by atoms with Crippen molar-refractivity contribution in [2.45, 2.75) is 20.0 Å². The smallest absolute Gasteiger partial charge is 0.372 e. The fourth-order valence-electron chi connectivity index (χ4n) is 2.06. The van der Waals surface area contributed by atoms with Crippen molar-refractivity contribution >= 4 is 28.3 Å². The lowest BCUT2D eigenvalue weighted by atomic mass is 10.2. The van der Waals surface area contributed by atoms with Crippen LogP contribution in [0.1, 0.15) is 13.8 Å². The molecule has 0 unspecified atom stereocenters. The van der Waals surface area contributed by atoms with Crippen LogP contribution in [-0.2, 0) is 4.79 Å². The number of hydrogen-bond acceptors (Lipinski definition) is 3. The van der Waals surface area contributed by atoms with Crippen molar-refractivity contribution in [1.29, 1.82) is 0 Å². The van der Waals surface area contributed by atoms with Crippen LogP contribution in [0.5, 0.6) is 0 Å². The molecule has 0 aliphatic heterocycles. The average molecular weight is 300 g/mol. The van der Waals surface area contributed by atoms with Gasteiger partial charge in [0.25, 0.3) is 0 Å². The SMILES string of the molecule is CCN(CC)c1ccc2[nH]nc(NC(=O)C(F)(F)F)c2c1. The number of carbonyl (C=O) groups is 1. The summed E-state index contributed by atoms with van der Waals surface area (Å²) in [7, 11) is 0. The molecule has 21 heavy (non-hydrogen) atoms. The Morgan fingerprint density at radius 2 is 2.00 bits per heavy atom. The third-order valence-corrected chi connectivity index (χ3v) is 3.16. The first kappa shape index (κ1) is 15.1. The molecule has 0 atom stereocenters. The van der Waals surface area contributed by atoms with E-state index in [2.05, 4.69) is 10.2 Å². The number of carbonyl (C=O) groups excluding carboxylic acids is 1. The summed E-state index contributed by atoms with van der Waals surface area (Å²) < 4.78 is 36.9. The van der Waals surface area contributed by atoms with E-state index in [1.54, 1.807) is 17.4 Å². The Morgan fingerprint density at radius 3 is 2.57 bits per heavy atom. The van der Waals surface area contributed by atoms with Crippen molar-refractivity contribution < 1.29 is 18.0 Å². The second-order valence-corrected chi connectivity index (χ2v) is 4.43. The molecule has 2 rings (SSSR count). The van der Waals surface area contributed by atoms with E-state index in [0.717, 1.165) is 18.8 Å². The normalized spacial score (nSPS) is 11.7. The number of aromatic amines is 1. The molecule has 2 aromatic rings. The van der Waals surface area contributed by atoms with E-state index in [0.29, 0.717) is 10.9 Å². The third kappa shape index (κ3) is 3.09. The largest absolute Gasteiger partial charge is 0.471 e. The van der Waals surface area contributed by atoms with Crippen molar-refractivity contribution in [3.8, 4) is 0 Å². The molecule has 1 aromatic heterocycles. The molecule has 5 nitrogen and oxygen atoms in total. The van der Waals surface area contributed by atoms with Crippen LogP contribution in [0, 0.1) is 0 Å². The highest BCUT2D eigenvalue weighted by Crippen LogP contribution is 2.27. The molecule has 0 saturated carbocycles. The standard InChI is InChI=1S/C13H15F3N4O/c1-3-20(4-2)8-5-6-10-9(7-8)11(19-18-10)17-12(21)13(14,15)16/h5-7H,3-4H2,1-2H3,(H2,17,18,19,21). The van der Waals surface area contributed by atoms with Crippen LogP contribution in [0.3, 0.4) is 0 Å². The van der Waals surface area contributed by atoms with Crippen LogP contribution < -0.4 is 10.2 Å². The molecule has 2 N–H and O–H groups in total. The quantitative estimate of drug-likeness (QED) is 0.912. The molecule has 8 heteroatoms. The number of fused-ring (bicyclic) bond motifs is 1. The van der Waals surface area contributed by atoms with Gasteiger partial charge >= 0.3 is 12.1 Å². The van der Waals surface area contributed by atoms with Gasteiger partial charge in [0, 0.05) is 24.2 Å². The fraction of sp³-hybridized carbons (Fsp3) is 0.385. The number of nitrogens with zero attached hydrogens (tertiary/aromatic N) is 2. The Kier molecular flexibility index (Phi) is 4.06. The number of alkyl halides is 3. The van der Waals surface area contributed by atoms with E-state index in [1.165, 1.54) is 0 Å². The predicted molar refractivity (Wildman–Crippen MR) is 74.3 cm³/mol. The van der Waals surface area contributed by atoms with Gasteiger partial charge in [-0.15, -0.1) is 0 Å². The molecule has 1 heterocycles. The van der Waals surface area contributed by atoms with E-state index in [1.807, 2.05) is 24.8 Å². The zero-order valence-electron chi connectivity index (χ0n) is 11.6. The first-order valence-electron chi connectivity index (χ1n) is 6.48. The molecule has 0 aliphatic rings. The van der Waals surface area contributed by atoms with Gasteiger partial charge in [0.05, 0.1) is 5.52 Å². The molecule has 1 aromatic carbocycles. The highest BCUT2D eigenvalue weighted by molar-refractivity contribution is 6.02. The summed E-state index contributed by atoms with van der Waals surface area (Å²) in [6, 6.07) is 5.28. The van der Waals surface area contributed by atoms with Gasteiger partial charge < -0.3 is 10.2 Å². The summed E-state index contributed by atoms with van der Waals surface area (Å²) in [5.41, 5.74) is 1.42. The number of amides is 1. The maximum absolute atomic E-state index is 12.3. The zero-order valence-corrected chi connectivity index (χ0v) is 11.6. The summed E-state index contributed by atoms with van der Waals surface area (Å²) in [5.74, 6) is -2.16. The number of benzene rings is 1. The van der Waals surface area contributed by atoms with Crippen LogP contribution >= 0.6 is 0 Å². The Bertz CT molecular complexity index is 646. The lowest BCUT2D eigenvalue weighted by Crippen LogP contribution is -2.30. The Labute approximate surface area is 119 Å². The van der Waals surface area contributed by atoms with Gasteiger partial charge in [-0.1, -0.05) is 0 Å². The van der Waals surface area contributed by atoms with Gasteiger partial charge in [0.1, 0.15) is 0 Å². The molecule has 1 amide bonds. The van der Waals surface area contributed by atoms with Crippen molar-refractivity contribution in [2.75, 3.05) is 23.3 Å². The fourth-order valence-corrected chi connectivity index (χ4v) is 2.06. The number of nitrogens with one attached hydrogen (secondary N) is 2. The molecule has 0 bridgehead atoms. The Morgan fingerprint density at radius 1 is 1.33 bits per heavy atom. The number of rotatable bonds is 4. The summed E-state index contributed by atoms with van der Waals surface area (Å²) >= 11 is 0. The Balaban J connectivity index is 2.37. The van der Waals surface area contributed by atoms with E-state index in [9.17, 15) is 18.0 Å². The van der Waals surface area contributed by atoms with Gasteiger partial charge in [-0.3, -0.25) is 9.89 Å². The van der Waals surface area contributed by atoms with Crippen molar-refractivity contribution in [3.63, 3.8) is 0 Å². The van der Waals surface area contributed by atoms with Crippen LogP contribution in [-0.4, -0.2) is 35.4 Å². The van der Waals surface area contributed by atoms with Gasteiger partial charge in [-0.05, 0) is 32.0 Å². The maximum Gasteiger partial charge on any atom is 0.471 e. The number of anilines is 2. The first-order valence-corrected chi connectivity index (χ1v) is 6.48. The first-order chi connectivity index (χ1) is 9.86.